The van der Waals surface area contributed by atoms with Crippen LogP contribution in [0.25, 0.3) is 10.9 Å². The van der Waals surface area contributed by atoms with E-state index in [9.17, 15) is 9.59 Å². The van der Waals surface area contributed by atoms with Crippen LogP contribution in [0.5, 0.6) is 5.75 Å². The van der Waals surface area contributed by atoms with E-state index in [1.165, 1.54) is 0 Å². The fourth-order valence-electron chi connectivity index (χ4n) is 3.43. The molecule has 0 radical (unpaired) electrons. The van der Waals surface area contributed by atoms with Gasteiger partial charge in [0, 0.05) is 23.1 Å². The van der Waals surface area contributed by atoms with E-state index in [-0.39, 0.29) is 18.4 Å². The van der Waals surface area contributed by atoms with Gasteiger partial charge < -0.3 is 19.9 Å². The van der Waals surface area contributed by atoms with Gasteiger partial charge in [-0.3, -0.25) is 9.59 Å². The van der Waals surface area contributed by atoms with Gasteiger partial charge in [-0.1, -0.05) is 24.3 Å². The molecule has 0 atom stereocenters. The Morgan fingerprint density at radius 3 is 2.83 bits per heavy atom. The van der Waals surface area contributed by atoms with Crippen LogP contribution in [0.3, 0.4) is 0 Å². The van der Waals surface area contributed by atoms with Crippen molar-refractivity contribution >= 4 is 34.1 Å². The molecule has 3 aromatic rings. The zero-order valence-electron chi connectivity index (χ0n) is 16.5. The summed E-state index contributed by atoms with van der Waals surface area (Å²) in [6.45, 7) is 8.12. The number of aromatic nitrogens is 1. The fourth-order valence-corrected chi connectivity index (χ4v) is 3.43. The van der Waals surface area contributed by atoms with Crippen LogP contribution < -0.4 is 15.0 Å². The molecule has 2 N–H and O–H groups in total. The third-order valence-corrected chi connectivity index (χ3v) is 5.01. The van der Waals surface area contributed by atoms with Crippen LogP contribution in [0.2, 0.25) is 0 Å². The molecule has 148 valence electrons. The number of nitrogens with one attached hydrogen (secondary N) is 2. The fraction of sp³-hybridized carbons (Fsp3) is 0.217. The lowest BCUT2D eigenvalue weighted by atomic mass is 9.93. The Morgan fingerprint density at radius 1 is 1.28 bits per heavy atom. The van der Waals surface area contributed by atoms with E-state index in [1.54, 1.807) is 29.2 Å². The summed E-state index contributed by atoms with van der Waals surface area (Å²) in [6, 6.07) is 14.8. The van der Waals surface area contributed by atoms with Crippen molar-refractivity contribution in [2.75, 3.05) is 23.4 Å². The molecule has 29 heavy (non-hydrogen) atoms. The lowest BCUT2D eigenvalue weighted by Crippen LogP contribution is -2.42. The van der Waals surface area contributed by atoms with Crippen LogP contribution in [0.15, 0.2) is 61.2 Å². The molecule has 0 spiro atoms. The van der Waals surface area contributed by atoms with Crippen LogP contribution in [0.1, 0.15) is 24.3 Å². The summed E-state index contributed by atoms with van der Waals surface area (Å²) in [7, 11) is 0. The van der Waals surface area contributed by atoms with E-state index in [0.717, 1.165) is 10.9 Å². The number of ether oxygens (including phenoxy) is 1. The highest BCUT2D eigenvalue weighted by molar-refractivity contribution is 6.07. The Kier molecular flexibility index (Phi) is 4.62. The van der Waals surface area contributed by atoms with Gasteiger partial charge in [0.05, 0.1) is 11.1 Å². The Labute approximate surface area is 169 Å². The molecule has 0 saturated heterocycles. The quantitative estimate of drug-likeness (QED) is 0.651. The molecule has 0 aliphatic carbocycles. The summed E-state index contributed by atoms with van der Waals surface area (Å²) in [5, 5.41) is 3.87. The number of carbonyl (C=O) groups is 2. The summed E-state index contributed by atoms with van der Waals surface area (Å²) in [5.74, 6) is 0.308. The predicted molar refractivity (Wildman–Crippen MR) is 115 cm³/mol. The van der Waals surface area contributed by atoms with E-state index < -0.39 is 5.41 Å². The molecule has 0 fully saturated rings. The molecule has 4 rings (SSSR count). The molecule has 1 aromatic heterocycles. The first-order valence-electron chi connectivity index (χ1n) is 9.48. The normalized spacial score (nSPS) is 15.4. The largest absolute Gasteiger partial charge is 0.490 e. The topological polar surface area (TPSA) is 74.4 Å². The summed E-state index contributed by atoms with van der Waals surface area (Å²) < 4.78 is 5.88. The van der Waals surface area contributed by atoms with Gasteiger partial charge in [0.15, 0.2) is 0 Å². The number of para-hydroxylation sites is 1. The summed E-state index contributed by atoms with van der Waals surface area (Å²) >= 11 is 0. The van der Waals surface area contributed by atoms with Gasteiger partial charge in [0.25, 0.3) is 5.91 Å². The highest BCUT2D eigenvalue weighted by atomic mass is 16.5. The van der Waals surface area contributed by atoms with Gasteiger partial charge in [-0.05, 0) is 44.2 Å². The second-order valence-corrected chi connectivity index (χ2v) is 7.78. The minimum atomic E-state index is -0.657. The number of carbonyl (C=O) groups excluding carboxylic acids is 2. The van der Waals surface area contributed by atoms with Gasteiger partial charge in [0.1, 0.15) is 18.1 Å². The number of anilines is 2. The number of nitrogens with zero attached hydrogens (tertiary/aromatic N) is 1. The second kappa shape index (κ2) is 7.13. The molecule has 1 aliphatic rings. The van der Waals surface area contributed by atoms with Crippen molar-refractivity contribution in [2.45, 2.75) is 13.8 Å². The van der Waals surface area contributed by atoms with Gasteiger partial charge in [0.2, 0.25) is 5.91 Å². The Hall–Kier alpha value is -3.54. The van der Waals surface area contributed by atoms with Crippen molar-refractivity contribution in [1.82, 2.24) is 4.98 Å². The van der Waals surface area contributed by atoms with Crippen molar-refractivity contribution in [1.29, 1.82) is 0 Å². The molecule has 1 aliphatic heterocycles. The van der Waals surface area contributed by atoms with E-state index in [0.29, 0.717) is 29.4 Å². The van der Waals surface area contributed by atoms with E-state index in [1.807, 2.05) is 44.2 Å². The highest BCUT2D eigenvalue weighted by Gasteiger charge is 2.37. The van der Waals surface area contributed by atoms with Crippen LogP contribution in [-0.2, 0) is 4.79 Å². The maximum absolute atomic E-state index is 13.0. The predicted octanol–water partition coefficient (Wildman–Crippen LogP) is 4.36. The molecule has 6 nitrogen and oxygen atoms in total. The van der Waals surface area contributed by atoms with E-state index in [4.69, 9.17) is 4.74 Å². The molecular weight excluding hydrogens is 366 g/mol. The number of amides is 2. The summed E-state index contributed by atoms with van der Waals surface area (Å²) in [5.41, 5.74) is 1.92. The molecule has 2 amide bonds. The van der Waals surface area contributed by atoms with Crippen molar-refractivity contribution < 1.29 is 14.3 Å². The number of benzene rings is 2. The number of hydrogen-bond acceptors (Lipinski definition) is 3. The van der Waals surface area contributed by atoms with E-state index >= 15 is 0 Å². The third-order valence-electron chi connectivity index (χ3n) is 5.01. The van der Waals surface area contributed by atoms with Crippen molar-refractivity contribution in [3.8, 4) is 5.75 Å². The summed E-state index contributed by atoms with van der Waals surface area (Å²) in [4.78, 5) is 30.5. The lowest BCUT2D eigenvalue weighted by molar-refractivity contribution is -0.127. The minimum Gasteiger partial charge on any atom is -0.490 e. The average Bonchev–Trinajstić information content (AvgIpc) is 3.11. The Morgan fingerprint density at radius 2 is 2.07 bits per heavy atom. The van der Waals surface area contributed by atoms with Gasteiger partial charge in [-0.15, -0.1) is 6.58 Å². The van der Waals surface area contributed by atoms with Gasteiger partial charge in [-0.25, -0.2) is 0 Å². The maximum atomic E-state index is 13.0. The highest BCUT2D eigenvalue weighted by Crippen LogP contribution is 2.38. The maximum Gasteiger partial charge on any atom is 0.272 e. The Bertz CT molecular complexity index is 1080. The molecular formula is C23H23N3O3. The molecule has 0 saturated carbocycles. The van der Waals surface area contributed by atoms with Crippen LogP contribution in [-0.4, -0.2) is 29.9 Å². The number of rotatable bonds is 4. The molecule has 2 aromatic carbocycles. The zero-order chi connectivity index (χ0) is 20.6. The third kappa shape index (κ3) is 3.49. The molecule has 0 unspecified atom stereocenters. The monoisotopic (exact) mass is 389 g/mol. The number of hydrogen-bond donors (Lipinski definition) is 2. The standard InChI is InChI=1S/C23H23N3O3/c1-4-11-26-19-13-16(9-10-20(19)29-14-23(2,3)22(26)28)24-21(27)18-12-15-7-5-6-8-17(15)25-18/h4-10,12-13,25H,1,11,14H2,2-3H3,(H,24,27). The molecule has 2 heterocycles. The number of H-pyrrole nitrogens is 1. The summed E-state index contributed by atoms with van der Waals surface area (Å²) in [6.07, 6.45) is 1.68. The SMILES string of the molecule is C=CCN1C(=O)C(C)(C)COc2ccc(NC(=O)c3cc4ccccc4[nH]3)cc21. The number of aromatic amines is 1. The zero-order valence-corrected chi connectivity index (χ0v) is 16.5. The van der Waals surface area contributed by atoms with Gasteiger partial charge in [-0.2, -0.15) is 0 Å². The van der Waals surface area contributed by atoms with Crippen LogP contribution in [0.4, 0.5) is 11.4 Å². The van der Waals surface area contributed by atoms with Crippen molar-refractivity contribution in [3.05, 3.63) is 66.9 Å². The first kappa shape index (κ1) is 18.8. The molecule has 6 heteroatoms. The van der Waals surface area contributed by atoms with Crippen LogP contribution in [0, 0.1) is 5.41 Å². The smallest absolute Gasteiger partial charge is 0.272 e. The first-order valence-corrected chi connectivity index (χ1v) is 9.48. The Balaban J connectivity index is 1.65. The van der Waals surface area contributed by atoms with Crippen LogP contribution >= 0.6 is 0 Å². The van der Waals surface area contributed by atoms with Crippen molar-refractivity contribution in [3.63, 3.8) is 0 Å². The van der Waals surface area contributed by atoms with E-state index in [2.05, 4.69) is 16.9 Å². The van der Waals surface area contributed by atoms with Gasteiger partial charge >= 0.3 is 0 Å². The van der Waals surface area contributed by atoms with Crippen molar-refractivity contribution in [2.24, 2.45) is 5.41 Å². The number of fused-ring (bicyclic) bond motifs is 2. The average molecular weight is 389 g/mol. The lowest BCUT2D eigenvalue weighted by Gasteiger charge is -2.27. The second-order valence-electron chi connectivity index (χ2n) is 7.78. The molecule has 0 bridgehead atoms. The first-order chi connectivity index (χ1) is 13.9. The minimum absolute atomic E-state index is 0.0461.